The fraction of sp³-hybridized carbons (Fsp3) is 0.235. The molecule has 136 valence electrons. The number of benzene rings is 1. The molecule has 0 saturated heterocycles. The number of imidazole rings is 1. The van der Waals surface area contributed by atoms with Gasteiger partial charge in [0.1, 0.15) is 11.5 Å². The summed E-state index contributed by atoms with van der Waals surface area (Å²) in [6.45, 7) is 1.99. The van der Waals surface area contributed by atoms with Crippen molar-refractivity contribution in [2.45, 2.75) is 13.3 Å². The smallest absolute Gasteiger partial charge is 0.298 e. The minimum absolute atomic E-state index is 0.466. The lowest BCUT2D eigenvalue weighted by Crippen LogP contribution is -2.28. The van der Waals surface area contributed by atoms with Crippen molar-refractivity contribution >= 4 is 15.9 Å². The zero-order valence-electron chi connectivity index (χ0n) is 14.8. The van der Waals surface area contributed by atoms with Crippen molar-refractivity contribution in [3.63, 3.8) is 0 Å². The zero-order chi connectivity index (χ0) is 18.7. The van der Waals surface area contributed by atoms with Crippen molar-refractivity contribution in [3.05, 3.63) is 54.7 Å². The molecule has 3 aromatic rings. The molecule has 0 atom stereocenters. The highest BCUT2D eigenvalue weighted by molar-refractivity contribution is 7.90. The molecule has 2 aromatic heterocycles. The maximum Gasteiger partial charge on any atom is 0.301 e. The van der Waals surface area contributed by atoms with Gasteiger partial charge < -0.3 is 0 Å². The molecular formula is C17H20N6O2S. The molecule has 0 saturated carbocycles. The Kier molecular flexibility index (Phi) is 5.01. The zero-order valence-corrected chi connectivity index (χ0v) is 15.6. The van der Waals surface area contributed by atoms with Gasteiger partial charge in [-0.25, -0.2) is 15.0 Å². The van der Waals surface area contributed by atoms with Crippen LogP contribution in [0.25, 0.3) is 17.2 Å². The van der Waals surface area contributed by atoms with E-state index >= 15 is 0 Å². The quantitative estimate of drug-likeness (QED) is 0.715. The number of aromatic nitrogens is 4. The number of anilines is 1. The van der Waals surface area contributed by atoms with Crippen LogP contribution in [0.5, 0.6) is 0 Å². The second-order valence-electron chi connectivity index (χ2n) is 5.77. The maximum absolute atomic E-state index is 12.0. The number of hydrogen-bond acceptors (Lipinski definition) is 5. The molecule has 1 N–H and O–H groups in total. The van der Waals surface area contributed by atoms with E-state index in [1.54, 1.807) is 36.7 Å². The van der Waals surface area contributed by atoms with Crippen molar-refractivity contribution in [3.8, 4) is 17.2 Å². The molecule has 3 rings (SSSR count). The molecule has 0 amide bonds. The van der Waals surface area contributed by atoms with Crippen molar-refractivity contribution in [2.24, 2.45) is 0 Å². The minimum Gasteiger partial charge on any atom is -0.298 e. The molecule has 0 bridgehead atoms. The average Bonchev–Trinajstić information content (AvgIpc) is 3.11. The summed E-state index contributed by atoms with van der Waals surface area (Å²) in [6, 6.07) is 8.90. The van der Waals surface area contributed by atoms with Gasteiger partial charge in [-0.3, -0.25) is 9.29 Å². The van der Waals surface area contributed by atoms with Gasteiger partial charge in [0.25, 0.3) is 0 Å². The van der Waals surface area contributed by atoms with Gasteiger partial charge in [-0.1, -0.05) is 13.0 Å². The second kappa shape index (κ2) is 7.22. The molecule has 9 heteroatoms. The Labute approximate surface area is 152 Å². The van der Waals surface area contributed by atoms with Crippen LogP contribution in [0.4, 0.5) is 5.69 Å². The van der Waals surface area contributed by atoms with Crippen LogP contribution in [0.1, 0.15) is 12.7 Å². The highest BCUT2D eigenvalue weighted by Gasteiger charge is 2.14. The standard InChI is InChI=1S/C17H20N6O2S/c1-4-16-18-9-8-15(20-16)17-19-10-11-23(17)14-7-5-6-13(12-14)21-26(24,25)22(2)3/h5-12,21H,4H2,1-3H3. The van der Waals surface area contributed by atoms with Gasteiger partial charge in [0.2, 0.25) is 0 Å². The van der Waals surface area contributed by atoms with Gasteiger partial charge in [0, 0.05) is 44.8 Å². The third-order valence-corrected chi connectivity index (χ3v) is 5.20. The van der Waals surface area contributed by atoms with E-state index in [-0.39, 0.29) is 0 Å². The van der Waals surface area contributed by atoms with Crippen LogP contribution in [-0.2, 0) is 16.6 Å². The molecule has 0 aliphatic carbocycles. The van der Waals surface area contributed by atoms with Crippen LogP contribution < -0.4 is 4.72 Å². The molecule has 0 aliphatic heterocycles. The predicted molar refractivity (Wildman–Crippen MR) is 100 cm³/mol. The molecule has 0 unspecified atom stereocenters. The van der Waals surface area contributed by atoms with Gasteiger partial charge in [-0.15, -0.1) is 0 Å². The van der Waals surface area contributed by atoms with E-state index < -0.39 is 10.2 Å². The lowest BCUT2D eigenvalue weighted by molar-refractivity contribution is 0.527. The van der Waals surface area contributed by atoms with Crippen LogP contribution >= 0.6 is 0 Å². The summed E-state index contributed by atoms with van der Waals surface area (Å²) >= 11 is 0. The Morgan fingerprint density at radius 1 is 1.15 bits per heavy atom. The molecule has 0 fully saturated rings. The van der Waals surface area contributed by atoms with Crippen molar-refractivity contribution < 1.29 is 8.42 Å². The Bertz CT molecular complexity index is 1010. The first-order chi connectivity index (χ1) is 12.4. The summed E-state index contributed by atoms with van der Waals surface area (Å²) in [5.74, 6) is 1.40. The van der Waals surface area contributed by atoms with Crippen molar-refractivity contribution in [1.82, 2.24) is 23.8 Å². The molecule has 1 aromatic carbocycles. The maximum atomic E-state index is 12.0. The first-order valence-electron chi connectivity index (χ1n) is 8.07. The lowest BCUT2D eigenvalue weighted by Gasteiger charge is -2.14. The Morgan fingerprint density at radius 3 is 2.69 bits per heavy atom. The summed E-state index contributed by atoms with van der Waals surface area (Å²) in [5, 5.41) is 0. The SMILES string of the molecule is CCc1nccc(-c2nccn2-c2cccc(NS(=O)(=O)N(C)C)c2)n1. The normalized spacial score (nSPS) is 11.7. The summed E-state index contributed by atoms with van der Waals surface area (Å²) in [5.41, 5.74) is 1.95. The molecule has 0 spiro atoms. The van der Waals surface area contributed by atoms with Gasteiger partial charge in [0.05, 0.1) is 5.69 Å². The van der Waals surface area contributed by atoms with Crippen LogP contribution in [0.15, 0.2) is 48.9 Å². The summed E-state index contributed by atoms with van der Waals surface area (Å²) < 4.78 is 29.6. The third kappa shape index (κ3) is 3.73. The monoisotopic (exact) mass is 372 g/mol. The second-order valence-corrected chi connectivity index (χ2v) is 7.66. The van der Waals surface area contributed by atoms with Gasteiger partial charge in [-0.05, 0) is 24.3 Å². The van der Waals surface area contributed by atoms with Crippen LogP contribution in [0, 0.1) is 0 Å². The predicted octanol–water partition coefficient (Wildman–Crippen LogP) is 2.11. The number of nitrogens with zero attached hydrogens (tertiary/aromatic N) is 5. The largest absolute Gasteiger partial charge is 0.301 e. The molecule has 0 aliphatic rings. The number of hydrogen-bond donors (Lipinski definition) is 1. The Morgan fingerprint density at radius 2 is 1.96 bits per heavy atom. The highest BCUT2D eigenvalue weighted by atomic mass is 32.2. The van der Waals surface area contributed by atoms with Gasteiger partial charge in [0.15, 0.2) is 5.82 Å². The van der Waals surface area contributed by atoms with Gasteiger partial charge >= 0.3 is 10.2 Å². The number of rotatable bonds is 6. The first-order valence-corrected chi connectivity index (χ1v) is 9.51. The molecular weight excluding hydrogens is 352 g/mol. The van der Waals surface area contributed by atoms with Crippen molar-refractivity contribution in [1.29, 1.82) is 0 Å². The first kappa shape index (κ1) is 18.0. The van der Waals surface area contributed by atoms with E-state index in [9.17, 15) is 8.42 Å². The molecule has 0 radical (unpaired) electrons. The van der Waals surface area contributed by atoms with E-state index in [4.69, 9.17) is 0 Å². The van der Waals surface area contributed by atoms with E-state index in [0.29, 0.717) is 17.2 Å². The number of aryl methyl sites for hydroxylation is 1. The highest BCUT2D eigenvalue weighted by Crippen LogP contribution is 2.22. The molecule has 2 heterocycles. The van der Waals surface area contributed by atoms with Crippen molar-refractivity contribution in [2.75, 3.05) is 18.8 Å². The van der Waals surface area contributed by atoms with Crippen LogP contribution in [-0.4, -0.2) is 46.3 Å². The molecule has 8 nitrogen and oxygen atoms in total. The van der Waals surface area contributed by atoms with Crippen LogP contribution in [0.3, 0.4) is 0 Å². The Hall–Kier alpha value is -2.78. The Balaban J connectivity index is 1.99. The van der Waals surface area contributed by atoms with E-state index in [0.717, 1.165) is 22.2 Å². The van der Waals surface area contributed by atoms with Gasteiger partial charge in [-0.2, -0.15) is 12.7 Å². The fourth-order valence-corrected chi connectivity index (χ4v) is 2.96. The molecule has 26 heavy (non-hydrogen) atoms. The summed E-state index contributed by atoms with van der Waals surface area (Å²) in [4.78, 5) is 13.1. The summed E-state index contributed by atoms with van der Waals surface area (Å²) in [7, 11) is -0.625. The topological polar surface area (TPSA) is 93.0 Å². The summed E-state index contributed by atoms with van der Waals surface area (Å²) in [6.07, 6.45) is 5.93. The average molecular weight is 372 g/mol. The van der Waals surface area contributed by atoms with E-state index in [2.05, 4.69) is 19.7 Å². The van der Waals surface area contributed by atoms with E-state index in [1.165, 1.54) is 14.1 Å². The minimum atomic E-state index is -3.57. The third-order valence-electron chi connectivity index (χ3n) is 3.74. The van der Waals surface area contributed by atoms with E-state index in [1.807, 2.05) is 23.8 Å². The lowest BCUT2D eigenvalue weighted by atomic mass is 10.2. The van der Waals surface area contributed by atoms with Crippen LogP contribution in [0.2, 0.25) is 0 Å². The fourth-order valence-electron chi connectivity index (χ4n) is 2.35. The number of nitrogens with one attached hydrogen (secondary N) is 1.